The Kier molecular flexibility index (Phi) is 8.28. The van der Waals surface area contributed by atoms with Crippen LogP contribution in [-0.4, -0.2) is 44.9 Å². The minimum absolute atomic E-state index is 0.0924. The Labute approximate surface area is 181 Å². The van der Waals surface area contributed by atoms with Crippen molar-refractivity contribution in [3.05, 3.63) is 41.3 Å². The largest absolute Gasteiger partial charge is 0.383 e. The first-order valence-corrected chi connectivity index (χ1v) is 11.3. The summed E-state index contributed by atoms with van der Waals surface area (Å²) in [6.45, 7) is 8.24. The summed E-state index contributed by atoms with van der Waals surface area (Å²) in [4.78, 5) is 12.3. The molecule has 0 unspecified atom stereocenters. The molecule has 1 aromatic heterocycles. The first-order valence-electron chi connectivity index (χ1n) is 9.77. The average molecular weight is 454 g/mol. The summed E-state index contributed by atoms with van der Waals surface area (Å²) in [6, 6.07) is 2.98. The maximum Gasteiger partial charge on any atom is 0.333 e. The highest BCUT2D eigenvalue weighted by Gasteiger charge is 2.22. The number of benzene rings is 1. The minimum atomic E-state index is -4.22. The number of halogens is 1. The smallest absolute Gasteiger partial charge is 0.333 e. The third kappa shape index (κ3) is 6.59. The van der Waals surface area contributed by atoms with Crippen LogP contribution in [0.15, 0.2) is 29.3 Å². The zero-order chi connectivity index (χ0) is 23.2. The Bertz CT molecular complexity index is 999. The van der Waals surface area contributed by atoms with Gasteiger partial charge in [0, 0.05) is 25.4 Å². The van der Waals surface area contributed by atoms with E-state index < -0.39 is 21.9 Å². The van der Waals surface area contributed by atoms with E-state index in [4.69, 9.17) is 4.74 Å². The lowest BCUT2D eigenvalue weighted by Crippen LogP contribution is -2.35. The second-order valence-corrected chi connectivity index (χ2v) is 9.21. The molecule has 170 valence electrons. The Hall–Kier alpha value is -2.79. The number of carbonyl (C=O) groups excluding carboxylic acids is 1. The summed E-state index contributed by atoms with van der Waals surface area (Å²) >= 11 is 0. The number of nitrogens with one attached hydrogen (secondary N) is 3. The van der Waals surface area contributed by atoms with Gasteiger partial charge >= 0.3 is 6.03 Å². The van der Waals surface area contributed by atoms with Crippen molar-refractivity contribution >= 4 is 27.6 Å². The molecule has 0 aliphatic carbocycles. The number of hydrogen-bond donors (Lipinski definition) is 3. The number of sulfonamides is 1. The predicted molar refractivity (Wildman–Crippen MR) is 116 cm³/mol. The highest BCUT2D eigenvalue weighted by atomic mass is 32.2. The number of hydrogen-bond acceptors (Lipinski definition) is 7. The second kappa shape index (κ2) is 10.5. The fraction of sp³-hybridized carbons (Fsp3) is 0.450. The van der Waals surface area contributed by atoms with Gasteiger partial charge in [-0.3, -0.25) is 0 Å². The molecule has 1 heterocycles. The summed E-state index contributed by atoms with van der Waals surface area (Å²) in [5.74, 6) is -0.374. The number of amides is 2. The Morgan fingerprint density at radius 1 is 1.13 bits per heavy atom. The summed E-state index contributed by atoms with van der Waals surface area (Å²) in [5, 5.41) is 12.9. The van der Waals surface area contributed by atoms with Gasteiger partial charge in [0.2, 0.25) is 0 Å². The molecule has 0 spiro atoms. The lowest BCUT2D eigenvalue weighted by Gasteiger charge is -2.20. The van der Waals surface area contributed by atoms with Crippen molar-refractivity contribution in [1.82, 2.24) is 14.9 Å². The molecular weight excluding hydrogens is 425 g/mol. The van der Waals surface area contributed by atoms with Crippen LogP contribution in [0.25, 0.3) is 0 Å². The lowest BCUT2D eigenvalue weighted by molar-refractivity contribution is 0.210. The van der Waals surface area contributed by atoms with Gasteiger partial charge in [0.15, 0.2) is 0 Å². The van der Waals surface area contributed by atoms with Crippen LogP contribution in [-0.2, 0) is 14.8 Å². The maximum atomic E-state index is 14.1. The number of urea groups is 1. The first kappa shape index (κ1) is 24.5. The van der Waals surface area contributed by atoms with Crippen LogP contribution in [0.4, 0.5) is 20.7 Å². The normalized spacial score (nSPS) is 11.6. The molecular formula is C20H28FN5O4S. The van der Waals surface area contributed by atoms with Crippen LogP contribution in [0.1, 0.15) is 50.7 Å². The average Bonchev–Trinajstić information content (AvgIpc) is 2.68. The number of ether oxygens (including phenoxy) is 1. The maximum absolute atomic E-state index is 14.1. The van der Waals surface area contributed by atoms with E-state index in [0.717, 1.165) is 6.20 Å². The molecule has 2 aromatic rings. The molecule has 11 heteroatoms. The molecule has 0 fully saturated rings. The van der Waals surface area contributed by atoms with Crippen molar-refractivity contribution in [1.29, 1.82) is 0 Å². The number of carbonyl (C=O) groups is 1. The number of anilines is 2. The van der Waals surface area contributed by atoms with Gasteiger partial charge < -0.3 is 15.4 Å². The molecule has 2 rings (SSSR count). The standard InChI is InChI=1S/C20H28FN5O4S/c1-12(2)16-8-14(21)9-17(13(3)4)19(16)24-20(27)26-31(28,29)15-10-18(25-23-11-15)22-6-7-30-5/h8-13H,6-7H2,1-5H3,(H,22,25)(H2,24,26,27). The summed E-state index contributed by atoms with van der Waals surface area (Å²) in [7, 11) is -2.68. The molecule has 0 aliphatic heterocycles. The highest BCUT2D eigenvalue weighted by molar-refractivity contribution is 7.90. The van der Waals surface area contributed by atoms with Crippen molar-refractivity contribution in [3.63, 3.8) is 0 Å². The quantitative estimate of drug-likeness (QED) is 0.497. The van der Waals surface area contributed by atoms with Crippen molar-refractivity contribution < 1.29 is 22.3 Å². The number of rotatable bonds is 9. The fourth-order valence-electron chi connectivity index (χ4n) is 2.89. The van der Waals surface area contributed by atoms with Gasteiger partial charge in [-0.05, 0) is 35.1 Å². The van der Waals surface area contributed by atoms with Gasteiger partial charge in [0.1, 0.15) is 16.5 Å². The zero-order valence-electron chi connectivity index (χ0n) is 18.2. The van der Waals surface area contributed by atoms with E-state index >= 15 is 0 Å². The molecule has 0 radical (unpaired) electrons. The third-order valence-corrected chi connectivity index (χ3v) is 5.72. The second-order valence-electron chi connectivity index (χ2n) is 7.52. The summed E-state index contributed by atoms with van der Waals surface area (Å²) in [6.07, 6.45) is 1.04. The molecule has 0 bridgehead atoms. The van der Waals surface area contributed by atoms with Gasteiger partial charge in [0.05, 0.1) is 12.8 Å². The van der Waals surface area contributed by atoms with Gasteiger partial charge in [0.25, 0.3) is 10.0 Å². The van der Waals surface area contributed by atoms with E-state index in [1.807, 2.05) is 32.4 Å². The van der Waals surface area contributed by atoms with E-state index in [9.17, 15) is 17.6 Å². The SMILES string of the molecule is COCCNc1cc(S(=O)(=O)NC(=O)Nc2c(C(C)C)cc(F)cc2C(C)C)cnn1. The van der Waals surface area contributed by atoms with Crippen molar-refractivity contribution in [2.75, 3.05) is 30.9 Å². The number of nitrogens with zero attached hydrogens (tertiary/aromatic N) is 2. The summed E-state index contributed by atoms with van der Waals surface area (Å²) < 4.78 is 46.2. The van der Waals surface area contributed by atoms with Gasteiger partial charge in [-0.2, -0.15) is 5.10 Å². The van der Waals surface area contributed by atoms with Crippen molar-refractivity contribution in [2.45, 2.75) is 44.4 Å². The topological polar surface area (TPSA) is 122 Å². The predicted octanol–water partition coefficient (Wildman–Crippen LogP) is 3.43. The molecule has 0 atom stereocenters. The number of methoxy groups -OCH3 is 1. The van der Waals surface area contributed by atoms with E-state index in [1.165, 1.54) is 25.3 Å². The van der Waals surface area contributed by atoms with E-state index in [2.05, 4.69) is 20.8 Å². The van der Waals surface area contributed by atoms with Crippen molar-refractivity contribution in [3.8, 4) is 0 Å². The zero-order valence-corrected chi connectivity index (χ0v) is 19.0. The van der Waals surface area contributed by atoms with Crippen molar-refractivity contribution in [2.24, 2.45) is 0 Å². The molecule has 31 heavy (non-hydrogen) atoms. The molecule has 3 N–H and O–H groups in total. The molecule has 0 saturated carbocycles. The van der Waals surface area contributed by atoms with Gasteiger partial charge in [-0.25, -0.2) is 22.3 Å². The third-order valence-electron chi connectivity index (χ3n) is 4.43. The van der Waals surface area contributed by atoms with Crippen LogP contribution >= 0.6 is 0 Å². The minimum Gasteiger partial charge on any atom is -0.383 e. The molecule has 0 aliphatic rings. The Morgan fingerprint density at radius 3 is 2.29 bits per heavy atom. The first-order chi connectivity index (χ1) is 14.5. The Balaban J connectivity index is 2.25. The van der Waals surface area contributed by atoms with Crippen LogP contribution in [0.3, 0.4) is 0 Å². The van der Waals surface area contributed by atoms with Crippen LogP contribution in [0.2, 0.25) is 0 Å². The van der Waals surface area contributed by atoms with Gasteiger partial charge in [-0.1, -0.05) is 27.7 Å². The number of aromatic nitrogens is 2. The van der Waals surface area contributed by atoms with Crippen LogP contribution < -0.4 is 15.4 Å². The molecule has 1 aromatic carbocycles. The summed E-state index contributed by atoms with van der Waals surface area (Å²) in [5.41, 5.74) is 1.55. The monoisotopic (exact) mass is 453 g/mol. The van der Waals surface area contributed by atoms with E-state index in [1.54, 1.807) is 0 Å². The fourth-order valence-corrected chi connectivity index (χ4v) is 3.75. The van der Waals surface area contributed by atoms with Gasteiger partial charge in [-0.15, -0.1) is 5.10 Å². The van der Waals surface area contributed by atoms with Crippen LogP contribution in [0, 0.1) is 5.82 Å². The lowest BCUT2D eigenvalue weighted by atomic mass is 9.92. The van der Waals surface area contributed by atoms with E-state index in [-0.39, 0.29) is 22.5 Å². The molecule has 0 saturated heterocycles. The molecule has 9 nitrogen and oxygen atoms in total. The van der Waals surface area contributed by atoms with Crippen LogP contribution in [0.5, 0.6) is 0 Å². The van der Waals surface area contributed by atoms with E-state index in [0.29, 0.717) is 30.0 Å². The highest BCUT2D eigenvalue weighted by Crippen LogP contribution is 2.33. The Morgan fingerprint density at radius 2 is 1.74 bits per heavy atom. The molecule has 2 amide bonds.